The highest BCUT2D eigenvalue weighted by atomic mass is 16.6. The van der Waals surface area contributed by atoms with Gasteiger partial charge in [0.05, 0.1) is 11.5 Å². The minimum Gasteiger partial charge on any atom is -0.465 e. The van der Waals surface area contributed by atoms with Gasteiger partial charge in [0, 0.05) is 7.05 Å². The minimum atomic E-state index is -0.401. The Hall–Kier alpha value is -2.50. The third-order valence-corrected chi connectivity index (χ3v) is 2.74. The Labute approximate surface area is 110 Å². The quantitative estimate of drug-likeness (QED) is 0.638. The zero-order valence-electron chi connectivity index (χ0n) is 10.8. The van der Waals surface area contributed by atoms with Crippen LogP contribution in [0, 0.1) is 17.0 Å². The molecule has 2 N–H and O–H groups in total. The predicted octanol–water partition coefficient (Wildman–Crippen LogP) is 3.15. The van der Waals surface area contributed by atoms with Crippen LogP contribution in [0.15, 0.2) is 34.7 Å². The molecule has 0 aliphatic rings. The van der Waals surface area contributed by atoms with Crippen molar-refractivity contribution in [3.8, 4) is 0 Å². The van der Waals surface area contributed by atoms with Crippen LogP contribution in [0.5, 0.6) is 0 Å². The molecule has 100 valence electrons. The van der Waals surface area contributed by atoms with Gasteiger partial charge in [-0.15, -0.1) is 0 Å². The molecule has 0 fully saturated rings. The summed E-state index contributed by atoms with van der Waals surface area (Å²) in [7, 11) is 1.65. The Morgan fingerprint density at radius 1 is 1.26 bits per heavy atom. The van der Waals surface area contributed by atoms with E-state index in [4.69, 9.17) is 4.42 Å². The number of para-hydroxylation sites is 1. The first kappa shape index (κ1) is 12.9. The number of aryl methyl sites for hydroxylation is 1. The Morgan fingerprint density at radius 3 is 2.58 bits per heavy atom. The van der Waals surface area contributed by atoms with E-state index in [1.807, 2.05) is 19.1 Å². The maximum Gasteiger partial charge on any atom is 0.315 e. The molecule has 6 nitrogen and oxygen atoms in total. The largest absolute Gasteiger partial charge is 0.465 e. The lowest BCUT2D eigenvalue weighted by Gasteiger charge is -2.08. The minimum absolute atomic E-state index is 0.0354. The number of anilines is 2. The second-order valence-electron chi connectivity index (χ2n) is 4.07. The molecule has 1 aromatic carbocycles. The molecule has 0 spiro atoms. The summed E-state index contributed by atoms with van der Waals surface area (Å²) in [4.78, 5) is 10.7. The number of benzene rings is 1. The van der Waals surface area contributed by atoms with Gasteiger partial charge in [-0.1, -0.05) is 6.07 Å². The zero-order valence-corrected chi connectivity index (χ0v) is 10.8. The van der Waals surface area contributed by atoms with Crippen LogP contribution in [0.3, 0.4) is 0 Å². The number of nitro groups is 1. The molecule has 0 aliphatic heterocycles. The Bertz CT molecular complexity index is 593. The summed E-state index contributed by atoms with van der Waals surface area (Å²) in [5.74, 6) is 1.55. The molecular formula is C13H15N3O3. The molecule has 6 heteroatoms. The molecule has 0 atom stereocenters. The van der Waals surface area contributed by atoms with E-state index in [-0.39, 0.29) is 5.69 Å². The summed E-state index contributed by atoms with van der Waals surface area (Å²) in [5, 5.41) is 17.0. The topological polar surface area (TPSA) is 80.3 Å². The van der Waals surface area contributed by atoms with E-state index in [0.29, 0.717) is 17.9 Å². The Kier molecular flexibility index (Phi) is 3.70. The van der Waals surface area contributed by atoms with Gasteiger partial charge >= 0.3 is 5.69 Å². The maximum absolute atomic E-state index is 11.1. The number of nitro benzene ring substituents is 1. The van der Waals surface area contributed by atoms with Crippen molar-refractivity contribution in [1.82, 2.24) is 0 Å². The van der Waals surface area contributed by atoms with E-state index in [2.05, 4.69) is 10.6 Å². The highest BCUT2D eigenvalue weighted by Gasteiger charge is 2.18. The van der Waals surface area contributed by atoms with E-state index < -0.39 is 4.92 Å². The molecule has 0 radical (unpaired) electrons. The van der Waals surface area contributed by atoms with Gasteiger partial charge in [-0.25, -0.2) is 0 Å². The highest BCUT2D eigenvalue weighted by molar-refractivity contribution is 5.75. The fourth-order valence-corrected chi connectivity index (χ4v) is 1.85. The summed E-state index contributed by atoms with van der Waals surface area (Å²) in [5.41, 5.74) is 0.977. The number of rotatable bonds is 5. The van der Waals surface area contributed by atoms with Gasteiger partial charge < -0.3 is 15.1 Å². The number of furan rings is 1. The predicted molar refractivity (Wildman–Crippen MR) is 73.4 cm³/mol. The van der Waals surface area contributed by atoms with Gasteiger partial charge in [0.15, 0.2) is 0 Å². The molecule has 2 aromatic rings. The normalized spacial score (nSPS) is 10.2. The van der Waals surface area contributed by atoms with Crippen LogP contribution in [0.2, 0.25) is 0 Å². The van der Waals surface area contributed by atoms with Crippen LogP contribution >= 0.6 is 0 Å². The summed E-state index contributed by atoms with van der Waals surface area (Å²) in [6, 6.07) is 8.80. The standard InChI is InChI=1S/C13H15N3O3/c1-9-6-7-10(19-9)8-15-12-5-3-4-11(14-2)13(12)16(17)18/h3-7,14-15H,8H2,1-2H3. The Balaban J connectivity index is 2.22. The van der Waals surface area contributed by atoms with Crippen molar-refractivity contribution in [1.29, 1.82) is 0 Å². The van der Waals surface area contributed by atoms with E-state index in [9.17, 15) is 10.1 Å². The van der Waals surface area contributed by atoms with Crippen molar-refractivity contribution in [2.75, 3.05) is 17.7 Å². The van der Waals surface area contributed by atoms with Gasteiger partial charge in [-0.2, -0.15) is 0 Å². The fraction of sp³-hybridized carbons (Fsp3) is 0.231. The Morgan fingerprint density at radius 2 is 2.00 bits per heavy atom. The van der Waals surface area contributed by atoms with Crippen LogP contribution in [0.4, 0.5) is 17.1 Å². The van der Waals surface area contributed by atoms with Gasteiger partial charge in [0.25, 0.3) is 0 Å². The lowest BCUT2D eigenvalue weighted by atomic mass is 10.2. The summed E-state index contributed by atoms with van der Waals surface area (Å²) in [6.07, 6.45) is 0. The molecule has 0 amide bonds. The lowest BCUT2D eigenvalue weighted by Crippen LogP contribution is -2.04. The van der Waals surface area contributed by atoms with E-state index in [1.54, 1.807) is 25.2 Å². The molecule has 1 aromatic heterocycles. The summed E-state index contributed by atoms with van der Waals surface area (Å²) < 4.78 is 5.41. The van der Waals surface area contributed by atoms with Gasteiger partial charge in [0.2, 0.25) is 0 Å². The second-order valence-corrected chi connectivity index (χ2v) is 4.07. The first-order valence-corrected chi connectivity index (χ1v) is 5.86. The number of nitrogens with zero attached hydrogens (tertiary/aromatic N) is 1. The summed E-state index contributed by atoms with van der Waals surface area (Å²) in [6.45, 7) is 2.26. The second kappa shape index (κ2) is 5.43. The number of hydrogen-bond acceptors (Lipinski definition) is 5. The molecule has 0 aliphatic carbocycles. The van der Waals surface area contributed by atoms with E-state index in [0.717, 1.165) is 11.5 Å². The van der Waals surface area contributed by atoms with Crippen molar-refractivity contribution in [3.05, 3.63) is 52.0 Å². The summed E-state index contributed by atoms with van der Waals surface area (Å²) >= 11 is 0. The molecule has 1 heterocycles. The van der Waals surface area contributed by atoms with Crippen LogP contribution in [-0.4, -0.2) is 12.0 Å². The fourth-order valence-electron chi connectivity index (χ4n) is 1.85. The van der Waals surface area contributed by atoms with E-state index >= 15 is 0 Å². The van der Waals surface area contributed by atoms with Crippen LogP contribution in [0.25, 0.3) is 0 Å². The van der Waals surface area contributed by atoms with Crippen molar-refractivity contribution in [2.24, 2.45) is 0 Å². The average molecular weight is 261 g/mol. The van der Waals surface area contributed by atoms with Crippen molar-refractivity contribution < 1.29 is 9.34 Å². The average Bonchev–Trinajstić information content (AvgIpc) is 2.81. The van der Waals surface area contributed by atoms with Gasteiger partial charge in [-0.05, 0) is 31.2 Å². The number of hydrogen-bond donors (Lipinski definition) is 2. The van der Waals surface area contributed by atoms with E-state index in [1.165, 1.54) is 0 Å². The maximum atomic E-state index is 11.1. The molecule has 0 saturated heterocycles. The molecule has 2 rings (SSSR count). The van der Waals surface area contributed by atoms with Crippen molar-refractivity contribution >= 4 is 17.1 Å². The molecular weight excluding hydrogens is 246 g/mol. The first-order valence-electron chi connectivity index (χ1n) is 5.86. The van der Waals surface area contributed by atoms with Crippen molar-refractivity contribution in [2.45, 2.75) is 13.5 Å². The SMILES string of the molecule is CNc1cccc(NCc2ccc(C)o2)c1[N+](=O)[O-]. The zero-order chi connectivity index (χ0) is 13.8. The smallest absolute Gasteiger partial charge is 0.315 e. The van der Waals surface area contributed by atoms with Gasteiger partial charge in [0.1, 0.15) is 22.9 Å². The third-order valence-electron chi connectivity index (χ3n) is 2.74. The van der Waals surface area contributed by atoms with Crippen LogP contribution in [-0.2, 0) is 6.54 Å². The first-order chi connectivity index (χ1) is 9.11. The third kappa shape index (κ3) is 2.85. The van der Waals surface area contributed by atoms with Crippen molar-refractivity contribution in [3.63, 3.8) is 0 Å². The monoisotopic (exact) mass is 261 g/mol. The molecule has 0 unspecified atom stereocenters. The highest BCUT2D eigenvalue weighted by Crippen LogP contribution is 2.32. The molecule has 0 bridgehead atoms. The van der Waals surface area contributed by atoms with Crippen LogP contribution < -0.4 is 10.6 Å². The number of nitrogens with one attached hydrogen (secondary N) is 2. The molecule has 19 heavy (non-hydrogen) atoms. The molecule has 0 saturated carbocycles. The van der Waals surface area contributed by atoms with Crippen LogP contribution in [0.1, 0.15) is 11.5 Å². The lowest BCUT2D eigenvalue weighted by molar-refractivity contribution is -0.383. The van der Waals surface area contributed by atoms with Gasteiger partial charge in [-0.3, -0.25) is 10.1 Å².